The topological polar surface area (TPSA) is 141 Å². The first-order chi connectivity index (χ1) is 17.2. The summed E-state index contributed by atoms with van der Waals surface area (Å²) >= 11 is 0. The Labute approximate surface area is 223 Å². The summed E-state index contributed by atoms with van der Waals surface area (Å²) in [5.41, 5.74) is 2.29. The molecule has 3 amide bonds. The van der Waals surface area contributed by atoms with Crippen LogP contribution < -0.4 is 15.5 Å². The lowest BCUT2D eigenvalue weighted by Crippen LogP contribution is -2.55. The van der Waals surface area contributed by atoms with Gasteiger partial charge < -0.3 is 15.0 Å². The van der Waals surface area contributed by atoms with Gasteiger partial charge >= 0.3 is 6.03 Å². The maximum atomic E-state index is 13.9. The zero-order valence-corrected chi connectivity index (χ0v) is 22.7. The van der Waals surface area contributed by atoms with E-state index in [4.69, 9.17) is 4.74 Å². The molecule has 2 aromatic rings. The summed E-state index contributed by atoms with van der Waals surface area (Å²) in [6, 6.07) is 7.81. The highest BCUT2D eigenvalue weighted by Crippen LogP contribution is 2.31. The number of rotatable bonds is 9. The molecule has 2 heterocycles. The molecule has 3 N–H and O–H groups in total. The average molecular weight is 556 g/mol. The van der Waals surface area contributed by atoms with E-state index in [1.807, 2.05) is 13.8 Å². The van der Waals surface area contributed by atoms with Crippen molar-refractivity contribution < 1.29 is 28.0 Å². The first-order valence-electron chi connectivity index (χ1n) is 11.7. The molecule has 204 valence electrons. The molecule has 1 saturated heterocycles. The zero-order valence-electron chi connectivity index (χ0n) is 21.0. The van der Waals surface area contributed by atoms with Crippen LogP contribution in [0.4, 0.5) is 4.79 Å². The number of piperidine rings is 1. The lowest BCUT2D eigenvalue weighted by molar-refractivity contribution is -0.135. The monoisotopic (exact) mass is 555 g/mol. The first-order valence-corrected chi connectivity index (χ1v) is 13.2. The zero-order chi connectivity index (χ0) is 26.3. The van der Waals surface area contributed by atoms with E-state index in [1.165, 1.54) is 31.4 Å². The van der Waals surface area contributed by atoms with Crippen LogP contribution in [0.5, 0.6) is 5.75 Å². The maximum Gasteiger partial charge on any atom is 0.317 e. The minimum absolute atomic E-state index is 0. The van der Waals surface area contributed by atoms with Gasteiger partial charge in [0.25, 0.3) is 5.91 Å². The number of methoxy groups -OCH3 is 1. The number of benzene rings is 1. The summed E-state index contributed by atoms with van der Waals surface area (Å²) < 4.78 is 34.0. The van der Waals surface area contributed by atoms with Crippen LogP contribution in [0.25, 0.3) is 0 Å². The van der Waals surface area contributed by atoms with Gasteiger partial charge in [-0.15, -0.1) is 12.4 Å². The van der Waals surface area contributed by atoms with E-state index in [2.05, 4.69) is 10.3 Å². The molecule has 1 aromatic heterocycles. The highest BCUT2D eigenvalue weighted by atomic mass is 35.5. The molecular weight excluding hydrogens is 522 g/mol. The fraction of sp³-hybridized carbons (Fsp3) is 0.458. The largest absolute Gasteiger partial charge is 0.497 e. The number of halogens is 1. The number of hydrogen-bond donors (Lipinski definition) is 3. The van der Waals surface area contributed by atoms with Crippen molar-refractivity contribution in [1.82, 2.24) is 25.0 Å². The second-order valence-electron chi connectivity index (χ2n) is 8.93. The van der Waals surface area contributed by atoms with Crippen molar-refractivity contribution in [3.8, 4) is 5.75 Å². The van der Waals surface area contributed by atoms with E-state index in [-0.39, 0.29) is 35.9 Å². The van der Waals surface area contributed by atoms with Gasteiger partial charge in [-0.25, -0.2) is 18.7 Å². The highest BCUT2D eigenvalue weighted by molar-refractivity contribution is 7.89. The number of amides is 3. The maximum absolute atomic E-state index is 13.9. The van der Waals surface area contributed by atoms with Crippen LogP contribution in [0.15, 0.2) is 53.7 Å². The molecule has 0 bridgehead atoms. The molecule has 1 fully saturated rings. The number of pyridine rings is 1. The van der Waals surface area contributed by atoms with Crippen molar-refractivity contribution >= 4 is 34.4 Å². The van der Waals surface area contributed by atoms with E-state index in [0.717, 1.165) is 4.31 Å². The molecule has 11 nitrogen and oxygen atoms in total. The van der Waals surface area contributed by atoms with Gasteiger partial charge in [0.15, 0.2) is 0 Å². The van der Waals surface area contributed by atoms with Gasteiger partial charge in [-0.05, 0) is 74.6 Å². The lowest BCUT2D eigenvalue weighted by atomic mass is 9.88. The number of aromatic nitrogens is 1. The number of carbonyl (C=O) groups excluding carboxylic acids is 2. The molecule has 1 aliphatic heterocycles. The number of hydrogen-bond acceptors (Lipinski definition) is 7. The van der Waals surface area contributed by atoms with Gasteiger partial charge in [0.2, 0.25) is 10.0 Å². The minimum Gasteiger partial charge on any atom is -0.497 e. The van der Waals surface area contributed by atoms with Crippen LogP contribution in [0.3, 0.4) is 0 Å². The number of ether oxygens (including phenoxy) is 1. The molecule has 37 heavy (non-hydrogen) atoms. The molecule has 13 heteroatoms. The van der Waals surface area contributed by atoms with Crippen LogP contribution in [-0.4, -0.2) is 72.0 Å². The number of sulfonamides is 1. The standard InChI is InChI=1S/C24H33N5O6S.ClH/c1-17(2)26-24(31)28-14-10-19(11-15-28)22(23(30)27-32)29(16-18-8-12-25-13-9-18)36(33,34)21-6-4-20(35-3)5-7-21;/h4-9,12-13,17,19,22,32H,10-11,14-16H2,1-3H3,(H,26,31)(H,27,30);1H/t22-;/m1./s1. The molecule has 0 spiro atoms. The van der Waals surface area contributed by atoms with Crippen molar-refractivity contribution in [2.24, 2.45) is 5.92 Å². The predicted molar refractivity (Wildman–Crippen MR) is 139 cm³/mol. The van der Waals surface area contributed by atoms with Gasteiger partial charge in [-0.2, -0.15) is 4.31 Å². The lowest BCUT2D eigenvalue weighted by Gasteiger charge is -2.39. The number of urea groups is 1. The summed E-state index contributed by atoms with van der Waals surface area (Å²) in [7, 11) is -2.70. The van der Waals surface area contributed by atoms with Gasteiger partial charge in [0, 0.05) is 38.1 Å². The SMILES string of the molecule is COc1ccc(S(=O)(=O)N(Cc2ccncc2)[C@@H](C(=O)NO)C2CCN(C(=O)NC(C)C)CC2)cc1.Cl. The van der Waals surface area contributed by atoms with Crippen molar-refractivity contribution in [3.05, 3.63) is 54.4 Å². The molecule has 0 radical (unpaired) electrons. The summed E-state index contributed by atoms with van der Waals surface area (Å²) in [6.45, 7) is 4.33. The van der Waals surface area contributed by atoms with Crippen molar-refractivity contribution in [2.45, 2.75) is 50.2 Å². The molecule has 1 atom stereocenters. The third kappa shape index (κ3) is 7.54. The average Bonchev–Trinajstić information content (AvgIpc) is 2.88. The number of nitrogens with zero attached hydrogens (tertiary/aromatic N) is 3. The Balaban J connectivity index is 0.00000481. The van der Waals surface area contributed by atoms with E-state index in [0.29, 0.717) is 37.2 Å². The molecule has 0 unspecified atom stereocenters. The molecule has 0 saturated carbocycles. The smallest absolute Gasteiger partial charge is 0.317 e. The Hall–Kier alpha value is -2.93. The second-order valence-corrected chi connectivity index (χ2v) is 10.8. The highest BCUT2D eigenvalue weighted by Gasteiger charge is 2.42. The van der Waals surface area contributed by atoms with E-state index < -0.39 is 27.9 Å². The van der Waals surface area contributed by atoms with Crippen molar-refractivity contribution in [1.29, 1.82) is 0 Å². The fourth-order valence-corrected chi connectivity index (χ4v) is 5.92. The molecule has 0 aliphatic carbocycles. The predicted octanol–water partition coefficient (Wildman–Crippen LogP) is 2.41. The quantitative estimate of drug-likeness (QED) is 0.318. The number of hydroxylamine groups is 1. The number of nitrogens with one attached hydrogen (secondary N) is 2. The van der Waals surface area contributed by atoms with Crippen LogP contribution in [0.2, 0.25) is 0 Å². The van der Waals surface area contributed by atoms with Crippen molar-refractivity contribution in [2.75, 3.05) is 20.2 Å². The van der Waals surface area contributed by atoms with Crippen LogP contribution in [0, 0.1) is 5.92 Å². The number of likely N-dealkylation sites (tertiary alicyclic amines) is 1. The molecule has 1 aromatic carbocycles. The molecule has 3 rings (SSSR count). The molecule has 1 aliphatic rings. The van der Waals surface area contributed by atoms with Crippen LogP contribution in [0.1, 0.15) is 32.3 Å². The van der Waals surface area contributed by atoms with Gasteiger partial charge in [-0.1, -0.05) is 0 Å². The normalized spacial score (nSPS) is 15.1. The molecular formula is C24H34ClN5O6S. The Morgan fingerprint density at radius 1 is 1.14 bits per heavy atom. The number of carbonyl (C=O) groups is 2. The summed E-state index contributed by atoms with van der Waals surface area (Å²) in [4.78, 5) is 31.0. The Bertz CT molecular complexity index is 1130. The Morgan fingerprint density at radius 3 is 2.24 bits per heavy atom. The summed E-state index contributed by atoms with van der Waals surface area (Å²) in [5, 5.41) is 12.4. The van der Waals surface area contributed by atoms with Crippen molar-refractivity contribution in [3.63, 3.8) is 0 Å². The second kappa shape index (κ2) is 13.6. The van der Waals surface area contributed by atoms with E-state index >= 15 is 0 Å². The van der Waals surface area contributed by atoms with Gasteiger partial charge in [-0.3, -0.25) is 15.0 Å². The third-order valence-corrected chi connectivity index (χ3v) is 7.97. The first kappa shape index (κ1) is 30.3. The Kier molecular flexibility index (Phi) is 11.1. The summed E-state index contributed by atoms with van der Waals surface area (Å²) in [6.07, 6.45) is 3.85. The Morgan fingerprint density at radius 2 is 1.73 bits per heavy atom. The minimum atomic E-state index is -4.18. The van der Waals surface area contributed by atoms with Gasteiger partial charge in [0.1, 0.15) is 11.8 Å². The van der Waals surface area contributed by atoms with Gasteiger partial charge in [0.05, 0.1) is 12.0 Å². The van der Waals surface area contributed by atoms with Crippen LogP contribution in [-0.2, 0) is 21.4 Å². The van der Waals surface area contributed by atoms with E-state index in [1.54, 1.807) is 34.9 Å². The van der Waals surface area contributed by atoms with Crippen LogP contribution >= 0.6 is 12.4 Å². The third-order valence-electron chi connectivity index (χ3n) is 6.13. The summed E-state index contributed by atoms with van der Waals surface area (Å²) in [5.74, 6) is -0.771. The van der Waals surface area contributed by atoms with E-state index in [9.17, 15) is 23.2 Å². The fourth-order valence-electron chi connectivity index (χ4n) is 4.29.